The number of hydrogen-bond acceptors (Lipinski definition) is 4. The summed E-state index contributed by atoms with van der Waals surface area (Å²) in [7, 11) is -3.41. The molecule has 1 amide bonds. The van der Waals surface area contributed by atoms with E-state index < -0.39 is 9.84 Å². The van der Waals surface area contributed by atoms with E-state index in [-0.39, 0.29) is 28.2 Å². The number of carbonyl (C=O) groups is 1. The van der Waals surface area contributed by atoms with E-state index in [4.69, 9.17) is 5.73 Å². The van der Waals surface area contributed by atoms with E-state index in [9.17, 15) is 13.2 Å². The predicted octanol–water partition coefficient (Wildman–Crippen LogP) is 1.34. The maximum absolute atomic E-state index is 12.1. The number of benzene rings is 1. The molecule has 1 aromatic carbocycles. The Balaban J connectivity index is 2.93. The molecule has 0 aliphatic rings. The Morgan fingerprint density at radius 3 is 2.60 bits per heavy atom. The van der Waals surface area contributed by atoms with Crippen LogP contribution in [0.2, 0.25) is 0 Å². The summed E-state index contributed by atoms with van der Waals surface area (Å²) >= 11 is 0. The topological polar surface area (TPSA) is 89.3 Å². The first-order valence-corrected chi connectivity index (χ1v) is 8.39. The molecule has 0 aromatic heterocycles. The van der Waals surface area contributed by atoms with Crippen molar-refractivity contribution >= 4 is 15.7 Å². The summed E-state index contributed by atoms with van der Waals surface area (Å²) < 4.78 is 24.3. The molecular weight excluding hydrogens is 276 g/mol. The van der Waals surface area contributed by atoms with Gasteiger partial charge in [-0.1, -0.05) is 19.1 Å². The molecular formula is C14H22N2O3S. The first-order valence-electron chi connectivity index (χ1n) is 6.74. The maximum Gasteiger partial charge on any atom is 0.252 e. The normalized spacial score (nSPS) is 12.9. The molecule has 1 aromatic rings. The summed E-state index contributed by atoms with van der Waals surface area (Å²) in [5.41, 5.74) is 5.81. The summed E-state index contributed by atoms with van der Waals surface area (Å²) in [5.74, 6) is -0.335. The van der Waals surface area contributed by atoms with Crippen molar-refractivity contribution in [2.45, 2.75) is 37.6 Å². The van der Waals surface area contributed by atoms with Crippen LogP contribution in [0.3, 0.4) is 0 Å². The van der Waals surface area contributed by atoms with Crippen LogP contribution in [-0.2, 0) is 9.84 Å². The van der Waals surface area contributed by atoms with Crippen molar-refractivity contribution in [3.63, 3.8) is 0 Å². The van der Waals surface area contributed by atoms with E-state index in [0.29, 0.717) is 19.4 Å². The third-order valence-corrected chi connectivity index (χ3v) is 4.80. The minimum Gasteiger partial charge on any atom is -0.352 e. The monoisotopic (exact) mass is 298 g/mol. The molecule has 0 fully saturated rings. The highest BCUT2D eigenvalue weighted by molar-refractivity contribution is 7.91. The molecule has 6 heteroatoms. The lowest BCUT2D eigenvalue weighted by atomic mass is 10.2. The Bertz CT molecular complexity index is 553. The van der Waals surface area contributed by atoms with Crippen molar-refractivity contribution < 1.29 is 13.2 Å². The quantitative estimate of drug-likeness (QED) is 0.795. The van der Waals surface area contributed by atoms with E-state index >= 15 is 0 Å². The van der Waals surface area contributed by atoms with Crippen LogP contribution in [0, 0.1) is 0 Å². The van der Waals surface area contributed by atoms with Crippen LogP contribution in [0.5, 0.6) is 0 Å². The molecule has 1 atom stereocenters. The third kappa shape index (κ3) is 4.61. The van der Waals surface area contributed by atoms with Crippen molar-refractivity contribution in [3.05, 3.63) is 29.8 Å². The summed E-state index contributed by atoms with van der Waals surface area (Å²) in [5, 5.41) is 2.70. The van der Waals surface area contributed by atoms with Crippen LogP contribution >= 0.6 is 0 Å². The fraction of sp³-hybridized carbons (Fsp3) is 0.500. The van der Waals surface area contributed by atoms with E-state index in [1.54, 1.807) is 19.1 Å². The minimum absolute atomic E-state index is 0.00522. The number of rotatable bonds is 7. The summed E-state index contributed by atoms with van der Waals surface area (Å²) in [6.07, 6.45) is 1.17. The largest absolute Gasteiger partial charge is 0.352 e. The predicted molar refractivity (Wildman–Crippen MR) is 79.4 cm³/mol. The lowest BCUT2D eigenvalue weighted by Gasteiger charge is -2.11. The number of nitrogens with two attached hydrogens (primary N) is 1. The van der Waals surface area contributed by atoms with Gasteiger partial charge in [0.15, 0.2) is 9.84 Å². The van der Waals surface area contributed by atoms with Gasteiger partial charge in [-0.05, 0) is 31.9 Å². The van der Waals surface area contributed by atoms with Crippen LogP contribution in [0.25, 0.3) is 0 Å². The van der Waals surface area contributed by atoms with Gasteiger partial charge >= 0.3 is 0 Å². The van der Waals surface area contributed by atoms with Crippen LogP contribution in [0.4, 0.5) is 0 Å². The molecule has 0 aliphatic heterocycles. The third-order valence-electron chi connectivity index (χ3n) is 2.82. The Morgan fingerprint density at radius 1 is 1.35 bits per heavy atom. The lowest BCUT2D eigenvalue weighted by molar-refractivity contribution is 0.0949. The van der Waals surface area contributed by atoms with Gasteiger partial charge in [0.05, 0.1) is 16.2 Å². The van der Waals surface area contributed by atoms with Crippen LogP contribution in [0.15, 0.2) is 29.2 Å². The Kier molecular flexibility index (Phi) is 6.16. The van der Waals surface area contributed by atoms with Crippen molar-refractivity contribution in [1.82, 2.24) is 5.32 Å². The fourth-order valence-corrected chi connectivity index (χ4v) is 3.35. The van der Waals surface area contributed by atoms with Crippen LogP contribution in [-0.4, -0.2) is 32.7 Å². The average Bonchev–Trinajstić information content (AvgIpc) is 2.38. The smallest absolute Gasteiger partial charge is 0.252 e. The lowest BCUT2D eigenvalue weighted by Crippen LogP contribution is -2.30. The zero-order valence-electron chi connectivity index (χ0n) is 11.9. The van der Waals surface area contributed by atoms with Gasteiger partial charge in [-0.2, -0.15) is 0 Å². The van der Waals surface area contributed by atoms with Crippen molar-refractivity contribution in [2.24, 2.45) is 5.73 Å². The molecule has 0 radical (unpaired) electrons. The number of carbonyl (C=O) groups excluding carboxylic acids is 1. The van der Waals surface area contributed by atoms with Crippen molar-refractivity contribution in [2.75, 3.05) is 12.3 Å². The number of hydrogen-bond donors (Lipinski definition) is 2. The molecule has 0 spiro atoms. The highest BCUT2D eigenvalue weighted by atomic mass is 32.2. The van der Waals surface area contributed by atoms with E-state index in [1.807, 2.05) is 6.92 Å². The van der Waals surface area contributed by atoms with Gasteiger partial charge in [0.25, 0.3) is 5.91 Å². The summed E-state index contributed by atoms with van der Waals surface area (Å²) in [6.45, 7) is 4.08. The summed E-state index contributed by atoms with van der Waals surface area (Å²) in [6, 6.07) is 6.29. The van der Waals surface area contributed by atoms with Crippen LogP contribution in [0.1, 0.15) is 37.0 Å². The molecule has 3 N–H and O–H groups in total. The van der Waals surface area contributed by atoms with Gasteiger partial charge in [0, 0.05) is 12.6 Å². The highest BCUT2D eigenvalue weighted by Gasteiger charge is 2.21. The van der Waals surface area contributed by atoms with Gasteiger partial charge in [-0.25, -0.2) is 8.42 Å². The Morgan fingerprint density at radius 2 is 2.00 bits per heavy atom. The number of nitrogens with one attached hydrogen (secondary N) is 1. The second kappa shape index (κ2) is 7.40. The zero-order valence-corrected chi connectivity index (χ0v) is 12.7. The van der Waals surface area contributed by atoms with Gasteiger partial charge < -0.3 is 11.1 Å². The Hall–Kier alpha value is -1.40. The van der Waals surface area contributed by atoms with Crippen LogP contribution < -0.4 is 11.1 Å². The first-order chi connectivity index (χ1) is 9.38. The molecule has 1 rings (SSSR count). The van der Waals surface area contributed by atoms with Gasteiger partial charge in [0.1, 0.15) is 0 Å². The zero-order chi connectivity index (χ0) is 15.2. The average molecular weight is 298 g/mol. The SMILES string of the molecule is CCCS(=O)(=O)c1ccccc1C(=O)NCCC(C)N. The van der Waals surface area contributed by atoms with Crippen molar-refractivity contribution in [3.8, 4) is 0 Å². The molecule has 112 valence electrons. The standard InChI is InChI=1S/C14H22N2O3S/c1-3-10-20(18,19)13-7-5-4-6-12(13)14(17)16-9-8-11(2)15/h4-7,11H,3,8-10,15H2,1-2H3,(H,16,17). The second-order valence-corrected chi connectivity index (χ2v) is 6.91. The molecule has 0 saturated carbocycles. The second-order valence-electron chi connectivity index (χ2n) is 4.84. The summed E-state index contributed by atoms with van der Waals surface area (Å²) in [4.78, 5) is 12.2. The van der Waals surface area contributed by atoms with E-state index in [1.165, 1.54) is 12.1 Å². The van der Waals surface area contributed by atoms with Gasteiger partial charge in [-0.3, -0.25) is 4.79 Å². The molecule has 1 unspecified atom stereocenters. The van der Waals surface area contributed by atoms with Crippen molar-refractivity contribution in [1.29, 1.82) is 0 Å². The van der Waals surface area contributed by atoms with Gasteiger partial charge in [0.2, 0.25) is 0 Å². The fourth-order valence-electron chi connectivity index (χ4n) is 1.81. The molecule has 0 saturated heterocycles. The van der Waals surface area contributed by atoms with E-state index in [0.717, 1.165) is 0 Å². The molecule has 5 nitrogen and oxygen atoms in total. The molecule has 20 heavy (non-hydrogen) atoms. The molecule has 0 aliphatic carbocycles. The number of sulfone groups is 1. The molecule has 0 heterocycles. The maximum atomic E-state index is 12.1. The first kappa shape index (κ1) is 16.7. The van der Waals surface area contributed by atoms with E-state index in [2.05, 4.69) is 5.32 Å². The van der Waals surface area contributed by atoms with Gasteiger partial charge in [-0.15, -0.1) is 0 Å². The minimum atomic E-state index is -3.41. The highest BCUT2D eigenvalue weighted by Crippen LogP contribution is 2.17. The number of amides is 1. The Labute approximate surface area is 120 Å². The molecule has 0 bridgehead atoms.